The van der Waals surface area contributed by atoms with E-state index in [-0.39, 0.29) is 11.9 Å². The monoisotopic (exact) mass is 246 g/mol. The number of pyridine rings is 1. The average molecular weight is 246 g/mol. The lowest BCUT2D eigenvalue weighted by atomic mass is 10.2. The van der Waals surface area contributed by atoms with Crippen LogP contribution in [0.5, 0.6) is 0 Å². The van der Waals surface area contributed by atoms with Crippen LogP contribution >= 0.6 is 0 Å². The highest BCUT2D eigenvalue weighted by Gasteiger charge is 2.11. The molecule has 0 spiro atoms. The lowest BCUT2D eigenvalue weighted by Gasteiger charge is -2.08. The number of anilines is 1. The van der Waals surface area contributed by atoms with Crippen molar-refractivity contribution in [1.82, 2.24) is 14.6 Å². The molecule has 3 aromatic rings. The van der Waals surface area contributed by atoms with Crippen LogP contribution in [-0.4, -0.2) is 14.6 Å². The maximum Gasteiger partial charge on any atom is 0.243 e. The van der Waals surface area contributed by atoms with E-state index in [0.29, 0.717) is 11.6 Å². The van der Waals surface area contributed by atoms with Crippen LogP contribution < -0.4 is 5.32 Å². The third-order valence-corrected chi connectivity index (χ3v) is 2.61. The van der Waals surface area contributed by atoms with Gasteiger partial charge in [0.15, 0.2) is 5.65 Å². The first-order valence-electron chi connectivity index (χ1n) is 5.54. The Labute approximate surface area is 102 Å². The number of nitrogens with one attached hydrogen (secondary N) is 1. The van der Waals surface area contributed by atoms with Gasteiger partial charge in [0.05, 0.1) is 18.5 Å². The molecule has 1 atom stereocenters. The summed E-state index contributed by atoms with van der Waals surface area (Å²) in [6.07, 6.45) is 2.89. The van der Waals surface area contributed by atoms with E-state index < -0.39 is 0 Å². The van der Waals surface area contributed by atoms with Gasteiger partial charge in [-0.15, -0.1) is 5.10 Å². The van der Waals surface area contributed by atoms with Gasteiger partial charge >= 0.3 is 0 Å². The van der Waals surface area contributed by atoms with Gasteiger partial charge in [-0.05, 0) is 31.2 Å². The van der Waals surface area contributed by atoms with Crippen LogP contribution in [0, 0.1) is 5.82 Å². The zero-order valence-electron chi connectivity index (χ0n) is 9.67. The van der Waals surface area contributed by atoms with Gasteiger partial charge in [-0.2, -0.15) is 4.98 Å². The van der Waals surface area contributed by atoms with E-state index in [1.54, 1.807) is 12.3 Å². The van der Waals surface area contributed by atoms with Crippen molar-refractivity contribution in [1.29, 1.82) is 0 Å². The van der Waals surface area contributed by atoms with Gasteiger partial charge in [-0.25, -0.2) is 8.91 Å². The van der Waals surface area contributed by atoms with Crippen LogP contribution in [0.15, 0.2) is 41.1 Å². The molecular weight excluding hydrogens is 235 g/mol. The zero-order valence-corrected chi connectivity index (χ0v) is 9.67. The summed E-state index contributed by atoms with van der Waals surface area (Å²) in [6, 6.07) is 6.56. The SMILES string of the molecule is CC(Nc1nc2ccc(F)cn2n1)c1ccco1. The number of hydrogen-bond donors (Lipinski definition) is 1. The second kappa shape index (κ2) is 4.14. The fraction of sp³-hybridized carbons (Fsp3) is 0.167. The predicted molar refractivity (Wildman–Crippen MR) is 63.7 cm³/mol. The van der Waals surface area contributed by atoms with Gasteiger partial charge < -0.3 is 9.73 Å². The van der Waals surface area contributed by atoms with Gasteiger partial charge in [-0.3, -0.25) is 0 Å². The van der Waals surface area contributed by atoms with E-state index in [1.807, 2.05) is 19.1 Å². The molecule has 1 N–H and O–H groups in total. The third kappa shape index (κ3) is 1.92. The molecular formula is C12H11FN4O. The molecule has 0 amide bonds. The summed E-state index contributed by atoms with van der Waals surface area (Å²) in [4.78, 5) is 4.24. The molecule has 5 nitrogen and oxygen atoms in total. The van der Waals surface area contributed by atoms with Crippen molar-refractivity contribution in [3.8, 4) is 0 Å². The van der Waals surface area contributed by atoms with Crippen molar-refractivity contribution >= 4 is 11.6 Å². The summed E-state index contributed by atoms with van der Waals surface area (Å²) in [5.74, 6) is 0.877. The predicted octanol–water partition coefficient (Wildman–Crippen LogP) is 2.63. The molecule has 3 rings (SSSR count). The maximum absolute atomic E-state index is 13.0. The van der Waals surface area contributed by atoms with E-state index in [2.05, 4.69) is 15.4 Å². The van der Waals surface area contributed by atoms with E-state index in [1.165, 1.54) is 16.8 Å². The minimum Gasteiger partial charge on any atom is -0.467 e. The van der Waals surface area contributed by atoms with Gasteiger partial charge in [-0.1, -0.05) is 0 Å². The summed E-state index contributed by atoms with van der Waals surface area (Å²) in [5.41, 5.74) is 0.588. The maximum atomic E-state index is 13.0. The molecule has 0 aromatic carbocycles. The van der Waals surface area contributed by atoms with Crippen molar-refractivity contribution in [2.24, 2.45) is 0 Å². The van der Waals surface area contributed by atoms with Gasteiger partial charge in [0.25, 0.3) is 0 Å². The summed E-state index contributed by atoms with van der Waals surface area (Å²) in [6.45, 7) is 1.94. The molecule has 3 aromatic heterocycles. The summed E-state index contributed by atoms with van der Waals surface area (Å²) < 4.78 is 19.7. The molecule has 3 heterocycles. The molecule has 0 bridgehead atoms. The minimum atomic E-state index is -0.349. The quantitative estimate of drug-likeness (QED) is 0.771. The fourth-order valence-electron chi connectivity index (χ4n) is 1.72. The number of hydrogen-bond acceptors (Lipinski definition) is 4. The number of furan rings is 1. The van der Waals surface area contributed by atoms with Gasteiger partial charge in [0.1, 0.15) is 11.6 Å². The summed E-state index contributed by atoms with van der Waals surface area (Å²) in [5, 5.41) is 7.23. The second-order valence-electron chi connectivity index (χ2n) is 3.97. The lowest BCUT2D eigenvalue weighted by Crippen LogP contribution is -2.06. The van der Waals surface area contributed by atoms with E-state index in [0.717, 1.165) is 5.76 Å². The van der Waals surface area contributed by atoms with Gasteiger partial charge in [0, 0.05) is 0 Å². The Kier molecular flexibility index (Phi) is 2.47. The Morgan fingerprint density at radius 1 is 1.39 bits per heavy atom. The van der Waals surface area contributed by atoms with Crippen LogP contribution in [-0.2, 0) is 0 Å². The molecule has 0 aliphatic carbocycles. The van der Waals surface area contributed by atoms with Crippen LogP contribution in [0.25, 0.3) is 5.65 Å². The number of aromatic nitrogens is 3. The third-order valence-electron chi connectivity index (χ3n) is 2.61. The van der Waals surface area contributed by atoms with E-state index in [9.17, 15) is 4.39 Å². The second-order valence-corrected chi connectivity index (χ2v) is 3.97. The van der Waals surface area contributed by atoms with E-state index in [4.69, 9.17) is 4.42 Å². The molecule has 0 fully saturated rings. The first kappa shape index (κ1) is 10.8. The largest absolute Gasteiger partial charge is 0.467 e. The Bertz CT molecular complexity index is 662. The first-order chi connectivity index (χ1) is 8.72. The zero-order chi connectivity index (χ0) is 12.5. The van der Waals surface area contributed by atoms with Crippen molar-refractivity contribution < 1.29 is 8.81 Å². The number of rotatable bonds is 3. The lowest BCUT2D eigenvalue weighted by molar-refractivity contribution is 0.489. The number of halogens is 1. The Balaban J connectivity index is 1.86. The van der Waals surface area contributed by atoms with Crippen LogP contribution in [0.1, 0.15) is 18.7 Å². The number of nitrogens with zero attached hydrogens (tertiary/aromatic N) is 3. The topological polar surface area (TPSA) is 55.4 Å². The molecule has 92 valence electrons. The molecule has 0 aliphatic rings. The first-order valence-corrected chi connectivity index (χ1v) is 5.54. The number of fused-ring (bicyclic) bond motifs is 1. The highest BCUT2D eigenvalue weighted by Crippen LogP contribution is 2.17. The van der Waals surface area contributed by atoms with Crippen molar-refractivity contribution in [3.63, 3.8) is 0 Å². The molecule has 0 saturated heterocycles. The van der Waals surface area contributed by atoms with Crippen molar-refractivity contribution in [3.05, 3.63) is 48.3 Å². The fourth-order valence-corrected chi connectivity index (χ4v) is 1.72. The molecule has 0 aliphatic heterocycles. The highest BCUT2D eigenvalue weighted by molar-refractivity contribution is 5.43. The Hall–Kier alpha value is -2.37. The summed E-state index contributed by atoms with van der Waals surface area (Å²) in [7, 11) is 0. The normalized spacial score (nSPS) is 12.8. The van der Waals surface area contributed by atoms with Crippen LogP contribution in [0.2, 0.25) is 0 Å². The molecule has 1 unspecified atom stereocenters. The summed E-state index contributed by atoms with van der Waals surface area (Å²) >= 11 is 0. The average Bonchev–Trinajstić information content (AvgIpc) is 2.95. The molecule has 0 saturated carbocycles. The molecule has 6 heteroatoms. The smallest absolute Gasteiger partial charge is 0.243 e. The van der Waals surface area contributed by atoms with Crippen molar-refractivity contribution in [2.75, 3.05) is 5.32 Å². The van der Waals surface area contributed by atoms with Crippen molar-refractivity contribution in [2.45, 2.75) is 13.0 Å². The Morgan fingerprint density at radius 3 is 3.06 bits per heavy atom. The minimum absolute atomic E-state index is 0.0535. The van der Waals surface area contributed by atoms with E-state index >= 15 is 0 Å². The van der Waals surface area contributed by atoms with Crippen LogP contribution in [0.3, 0.4) is 0 Å². The van der Waals surface area contributed by atoms with Crippen LogP contribution in [0.4, 0.5) is 10.3 Å². The van der Waals surface area contributed by atoms with Gasteiger partial charge in [0.2, 0.25) is 5.95 Å². The standard InChI is InChI=1S/C12H11FN4O/c1-8(10-3-2-6-18-10)14-12-15-11-5-4-9(13)7-17(11)16-12/h2-8H,1H3,(H,14,16). The highest BCUT2D eigenvalue weighted by atomic mass is 19.1. The Morgan fingerprint density at radius 2 is 2.28 bits per heavy atom. The molecule has 18 heavy (non-hydrogen) atoms. The molecule has 0 radical (unpaired) electrons.